The molecule has 0 aliphatic carbocycles. The van der Waals surface area contributed by atoms with E-state index in [2.05, 4.69) is 5.32 Å². The summed E-state index contributed by atoms with van der Waals surface area (Å²) < 4.78 is 16.3. The first-order chi connectivity index (χ1) is 15.5. The van der Waals surface area contributed by atoms with Gasteiger partial charge in [-0.3, -0.25) is 4.79 Å². The van der Waals surface area contributed by atoms with Gasteiger partial charge in [-0.1, -0.05) is 0 Å². The molecule has 0 bridgehead atoms. The van der Waals surface area contributed by atoms with Gasteiger partial charge < -0.3 is 44.7 Å². The third kappa shape index (κ3) is 4.99. The molecule has 12 nitrogen and oxygen atoms in total. The van der Waals surface area contributed by atoms with Gasteiger partial charge in [-0.2, -0.15) is 0 Å². The predicted octanol–water partition coefficient (Wildman–Crippen LogP) is -1.37. The number of carboxylic acids is 1. The van der Waals surface area contributed by atoms with Crippen LogP contribution in [0.1, 0.15) is 18.9 Å². The minimum atomic E-state index is -2.55. The molecule has 3 rings (SSSR count). The van der Waals surface area contributed by atoms with Crippen molar-refractivity contribution in [1.82, 2.24) is 5.32 Å². The summed E-state index contributed by atoms with van der Waals surface area (Å²) in [6.45, 7) is 1.94. The largest absolute Gasteiger partial charge is 0.476 e. The molecule has 1 aromatic heterocycles. The number of carboxylic acid groups (broad SMARTS) is 1. The molecule has 0 radical (unpaired) electrons. The third-order valence-electron chi connectivity index (χ3n) is 5.39. The summed E-state index contributed by atoms with van der Waals surface area (Å²) in [4.78, 5) is 35.5. The van der Waals surface area contributed by atoms with Gasteiger partial charge in [0.2, 0.25) is 5.91 Å². The van der Waals surface area contributed by atoms with Crippen LogP contribution < -0.4 is 15.7 Å². The maximum atomic E-state index is 12.2. The quantitative estimate of drug-likeness (QED) is 0.263. The summed E-state index contributed by atoms with van der Waals surface area (Å²) in [5.41, 5.74) is 0.135. The van der Waals surface area contributed by atoms with Crippen molar-refractivity contribution in [2.75, 3.05) is 6.61 Å². The highest BCUT2D eigenvalue weighted by molar-refractivity contribution is 5.82. The monoisotopic (exact) mass is 467 g/mol. The van der Waals surface area contributed by atoms with Crippen LogP contribution in [-0.2, 0) is 14.3 Å². The standard InChI is InChI=1S/C21H25NO11/c1-9-5-16(27)31-15-6-11(3-4-12(9)15)32-21(20(29)30)7-13(25)17(22-10(2)24)19(33-21)18(28)14(26)8-23/h3-6,13-14,17-19,23,25-26,28H,7-8H2,1-2H3,(H,22,24)(H,29,30)/t13-,14-,17+,18-,19+,21-/m0/s1. The number of aryl methyl sites for hydroxylation is 1. The molecule has 1 aromatic carbocycles. The SMILES string of the molecule is CC(=O)N[C@H]1[C@H]([C@@H](O)[C@@H](O)CO)O[C@](Oc2ccc3c(C)cc(=O)oc3c2)(C(=O)O)C[C@@H]1O. The molecule has 1 aliphatic rings. The number of aliphatic hydroxyl groups excluding tert-OH is 4. The first kappa shape index (κ1) is 24.6. The topological polar surface area (TPSA) is 196 Å². The summed E-state index contributed by atoms with van der Waals surface area (Å²) in [6.07, 6.45) is -7.56. The summed E-state index contributed by atoms with van der Waals surface area (Å²) >= 11 is 0. The minimum Gasteiger partial charge on any atom is -0.476 e. The van der Waals surface area contributed by atoms with Gasteiger partial charge in [-0.05, 0) is 24.6 Å². The molecular formula is C21H25NO11. The average Bonchev–Trinajstić information content (AvgIpc) is 2.73. The van der Waals surface area contributed by atoms with Gasteiger partial charge in [0.15, 0.2) is 0 Å². The second kappa shape index (κ2) is 9.45. The van der Waals surface area contributed by atoms with Crippen molar-refractivity contribution in [3.8, 4) is 5.75 Å². The van der Waals surface area contributed by atoms with Gasteiger partial charge in [0.25, 0.3) is 0 Å². The molecule has 6 N–H and O–H groups in total. The Labute approximate surface area is 187 Å². The number of hydrogen-bond acceptors (Lipinski definition) is 10. The van der Waals surface area contributed by atoms with Crippen molar-refractivity contribution in [2.24, 2.45) is 0 Å². The molecule has 1 fully saturated rings. The number of nitrogens with one attached hydrogen (secondary N) is 1. The Hall–Kier alpha value is -3.03. The van der Waals surface area contributed by atoms with E-state index < -0.39 is 66.8 Å². The summed E-state index contributed by atoms with van der Waals surface area (Å²) in [5.74, 6) is -4.90. The van der Waals surface area contributed by atoms with Gasteiger partial charge >= 0.3 is 17.4 Å². The van der Waals surface area contributed by atoms with E-state index in [0.29, 0.717) is 10.9 Å². The Morgan fingerprint density at radius 3 is 2.61 bits per heavy atom. The number of amides is 1. The molecular weight excluding hydrogens is 442 g/mol. The number of hydrogen-bond donors (Lipinski definition) is 6. The van der Waals surface area contributed by atoms with Crippen LogP contribution in [0.2, 0.25) is 0 Å². The molecule has 1 aliphatic heterocycles. The Kier molecular flexibility index (Phi) is 7.05. The van der Waals surface area contributed by atoms with Gasteiger partial charge in [0.1, 0.15) is 29.6 Å². The smallest absolute Gasteiger partial charge is 0.377 e. The maximum Gasteiger partial charge on any atom is 0.377 e. The van der Waals surface area contributed by atoms with Crippen molar-refractivity contribution in [1.29, 1.82) is 0 Å². The molecule has 12 heteroatoms. The lowest BCUT2D eigenvalue weighted by molar-refractivity contribution is -0.284. The molecule has 33 heavy (non-hydrogen) atoms. The zero-order valence-electron chi connectivity index (χ0n) is 17.8. The highest BCUT2D eigenvalue weighted by Crippen LogP contribution is 2.35. The van der Waals surface area contributed by atoms with E-state index >= 15 is 0 Å². The van der Waals surface area contributed by atoms with Crippen molar-refractivity contribution in [3.05, 3.63) is 40.2 Å². The van der Waals surface area contributed by atoms with Crippen molar-refractivity contribution in [3.63, 3.8) is 0 Å². The zero-order valence-corrected chi connectivity index (χ0v) is 17.8. The van der Waals surface area contributed by atoms with Crippen LogP contribution in [-0.4, -0.2) is 80.3 Å². The van der Waals surface area contributed by atoms with Crippen LogP contribution in [0, 0.1) is 6.92 Å². The number of carbonyl (C=O) groups is 2. The Morgan fingerprint density at radius 2 is 2.00 bits per heavy atom. The number of aliphatic carboxylic acids is 1. The second-order valence-corrected chi connectivity index (χ2v) is 7.89. The highest BCUT2D eigenvalue weighted by Gasteiger charge is 2.56. The Bertz CT molecular complexity index is 1100. The van der Waals surface area contributed by atoms with Crippen LogP contribution in [0.4, 0.5) is 0 Å². The van der Waals surface area contributed by atoms with Crippen LogP contribution in [0.3, 0.4) is 0 Å². The van der Waals surface area contributed by atoms with Gasteiger partial charge in [-0.15, -0.1) is 0 Å². The normalized spacial score (nSPS) is 27.0. The number of rotatable bonds is 7. The van der Waals surface area contributed by atoms with Crippen LogP contribution >= 0.6 is 0 Å². The first-order valence-electron chi connectivity index (χ1n) is 10.0. The van der Waals surface area contributed by atoms with E-state index in [9.17, 15) is 39.9 Å². The van der Waals surface area contributed by atoms with Crippen LogP contribution in [0.25, 0.3) is 11.0 Å². The van der Waals surface area contributed by atoms with E-state index in [0.717, 1.165) is 6.92 Å². The van der Waals surface area contributed by atoms with Crippen LogP contribution in [0.5, 0.6) is 5.75 Å². The molecule has 2 aromatic rings. The summed E-state index contributed by atoms with van der Waals surface area (Å²) in [6, 6.07) is 4.21. The molecule has 0 unspecified atom stereocenters. The molecule has 1 amide bonds. The van der Waals surface area contributed by atoms with E-state index in [-0.39, 0.29) is 11.3 Å². The van der Waals surface area contributed by atoms with E-state index in [1.54, 1.807) is 13.0 Å². The van der Waals surface area contributed by atoms with Crippen molar-refractivity contribution >= 4 is 22.8 Å². The number of carbonyl (C=O) groups excluding carboxylic acids is 1. The molecule has 180 valence electrons. The average molecular weight is 467 g/mol. The Morgan fingerprint density at radius 1 is 1.30 bits per heavy atom. The molecule has 2 heterocycles. The third-order valence-corrected chi connectivity index (χ3v) is 5.39. The van der Waals surface area contributed by atoms with Crippen LogP contribution in [0.15, 0.2) is 33.5 Å². The lowest BCUT2D eigenvalue weighted by Crippen LogP contribution is -2.68. The zero-order chi connectivity index (χ0) is 24.5. The highest BCUT2D eigenvalue weighted by atomic mass is 16.7. The fourth-order valence-electron chi connectivity index (χ4n) is 3.79. The number of benzene rings is 1. The molecule has 0 spiro atoms. The summed E-state index contributed by atoms with van der Waals surface area (Å²) in [7, 11) is 0. The lowest BCUT2D eigenvalue weighted by atomic mass is 9.88. The van der Waals surface area contributed by atoms with E-state index in [1.807, 2.05) is 0 Å². The van der Waals surface area contributed by atoms with Crippen molar-refractivity contribution in [2.45, 2.75) is 56.5 Å². The predicted molar refractivity (Wildman–Crippen MR) is 110 cm³/mol. The van der Waals surface area contributed by atoms with Gasteiger partial charge in [0.05, 0.1) is 25.2 Å². The first-order valence-corrected chi connectivity index (χ1v) is 10.0. The van der Waals surface area contributed by atoms with Crippen molar-refractivity contribution < 1.29 is 49.0 Å². The minimum absolute atomic E-state index is 0.0835. The number of aliphatic hydroxyl groups is 4. The molecule has 6 atom stereocenters. The summed E-state index contributed by atoms with van der Waals surface area (Å²) in [5, 5.41) is 53.0. The fraction of sp³-hybridized carbons (Fsp3) is 0.476. The second-order valence-electron chi connectivity index (χ2n) is 7.89. The maximum absolute atomic E-state index is 12.2. The lowest BCUT2D eigenvalue weighted by Gasteiger charge is -2.46. The van der Waals surface area contributed by atoms with Gasteiger partial charge in [-0.25, -0.2) is 9.59 Å². The fourth-order valence-corrected chi connectivity index (χ4v) is 3.79. The van der Waals surface area contributed by atoms with Gasteiger partial charge in [0, 0.05) is 24.4 Å². The number of ether oxygens (including phenoxy) is 2. The van der Waals surface area contributed by atoms with E-state index in [1.165, 1.54) is 18.2 Å². The molecule has 0 saturated carbocycles. The van der Waals surface area contributed by atoms with E-state index in [4.69, 9.17) is 13.9 Å². The Balaban J connectivity index is 2.01. The number of fused-ring (bicyclic) bond motifs is 1. The molecule has 1 saturated heterocycles.